The summed E-state index contributed by atoms with van der Waals surface area (Å²) in [5, 5.41) is 10.4. The van der Waals surface area contributed by atoms with Crippen molar-refractivity contribution in [3.63, 3.8) is 0 Å². The van der Waals surface area contributed by atoms with Crippen molar-refractivity contribution in [1.82, 2.24) is 4.31 Å². The molecule has 4 N–H and O–H groups in total. The lowest BCUT2D eigenvalue weighted by Crippen LogP contribution is -2.48. The Hall–Kier alpha value is -3.54. The SMILES string of the molecule is CCN([C@@H](Cc1cccc(C(=N)N)c1)C(=O)Nc1ccc(-c2ccccc2S(C)(=O)=O)cc1)S(C)(=O)=O. The molecule has 0 spiro atoms. The van der Waals surface area contributed by atoms with Crippen molar-refractivity contribution in [2.45, 2.75) is 24.3 Å². The summed E-state index contributed by atoms with van der Waals surface area (Å²) < 4.78 is 50.4. The lowest BCUT2D eigenvalue weighted by molar-refractivity contribution is -0.119. The lowest BCUT2D eigenvalue weighted by Gasteiger charge is -2.28. The molecule has 0 radical (unpaired) electrons. The zero-order chi connectivity index (χ0) is 27.4. The smallest absolute Gasteiger partial charge is 0.243 e. The molecule has 0 aromatic heterocycles. The molecule has 0 heterocycles. The second-order valence-corrected chi connectivity index (χ2v) is 12.6. The number of carbonyl (C=O) groups is 1. The van der Waals surface area contributed by atoms with Gasteiger partial charge in [-0.3, -0.25) is 10.2 Å². The number of nitrogen functional groups attached to an aromatic ring is 1. The van der Waals surface area contributed by atoms with Crippen LogP contribution in [0.25, 0.3) is 11.1 Å². The van der Waals surface area contributed by atoms with E-state index in [0.717, 1.165) is 16.8 Å². The van der Waals surface area contributed by atoms with E-state index in [1.54, 1.807) is 73.7 Å². The van der Waals surface area contributed by atoms with Crippen molar-refractivity contribution in [2.75, 3.05) is 24.4 Å². The summed E-state index contributed by atoms with van der Waals surface area (Å²) in [6, 6.07) is 19.0. The molecule has 0 unspecified atom stereocenters. The first kappa shape index (κ1) is 28.0. The minimum absolute atomic E-state index is 0.0771. The van der Waals surface area contributed by atoms with Gasteiger partial charge in [0.2, 0.25) is 15.9 Å². The van der Waals surface area contributed by atoms with Crippen LogP contribution in [0.1, 0.15) is 18.1 Å². The Morgan fingerprint density at radius 3 is 2.19 bits per heavy atom. The minimum atomic E-state index is -3.71. The maximum Gasteiger partial charge on any atom is 0.243 e. The van der Waals surface area contributed by atoms with E-state index in [2.05, 4.69) is 5.32 Å². The number of amidine groups is 1. The molecule has 0 fully saturated rings. The Bertz CT molecular complexity index is 1520. The van der Waals surface area contributed by atoms with Crippen LogP contribution in [-0.4, -0.2) is 58.0 Å². The van der Waals surface area contributed by atoms with Crippen molar-refractivity contribution in [3.8, 4) is 11.1 Å². The average Bonchev–Trinajstić information content (AvgIpc) is 2.83. The molecule has 3 aromatic rings. The van der Waals surface area contributed by atoms with E-state index in [4.69, 9.17) is 11.1 Å². The summed E-state index contributed by atoms with van der Waals surface area (Å²) in [5.74, 6) is -0.652. The van der Waals surface area contributed by atoms with E-state index in [-0.39, 0.29) is 23.7 Å². The maximum absolute atomic E-state index is 13.4. The van der Waals surface area contributed by atoms with Crippen LogP contribution in [0.15, 0.2) is 77.7 Å². The first-order chi connectivity index (χ1) is 17.3. The quantitative estimate of drug-likeness (QED) is 0.265. The molecular formula is C26H30N4O5S2. The van der Waals surface area contributed by atoms with Crippen LogP contribution < -0.4 is 11.1 Å². The maximum atomic E-state index is 13.4. The molecule has 3 aromatic carbocycles. The van der Waals surface area contributed by atoms with E-state index < -0.39 is 31.8 Å². The van der Waals surface area contributed by atoms with Crippen molar-refractivity contribution >= 4 is 37.3 Å². The zero-order valence-corrected chi connectivity index (χ0v) is 22.4. The van der Waals surface area contributed by atoms with Gasteiger partial charge in [-0.25, -0.2) is 16.8 Å². The molecule has 0 saturated heterocycles. The van der Waals surface area contributed by atoms with Gasteiger partial charge in [0.25, 0.3) is 0 Å². The topological polar surface area (TPSA) is 150 Å². The Morgan fingerprint density at radius 2 is 1.62 bits per heavy atom. The third-order valence-electron chi connectivity index (χ3n) is 5.80. The number of rotatable bonds is 10. The first-order valence-electron chi connectivity index (χ1n) is 11.4. The number of sulfone groups is 1. The highest BCUT2D eigenvalue weighted by atomic mass is 32.2. The van der Waals surface area contributed by atoms with Gasteiger partial charge in [0.15, 0.2) is 9.84 Å². The summed E-state index contributed by atoms with van der Waals surface area (Å²) >= 11 is 0. The van der Waals surface area contributed by atoms with Crippen molar-refractivity contribution in [3.05, 3.63) is 83.9 Å². The molecule has 196 valence electrons. The number of carbonyl (C=O) groups excluding carboxylic acids is 1. The molecule has 3 rings (SSSR count). The third kappa shape index (κ3) is 7.03. The Kier molecular flexibility index (Phi) is 8.52. The van der Waals surface area contributed by atoms with Crippen LogP contribution >= 0.6 is 0 Å². The highest BCUT2D eigenvalue weighted by Gasteiger charge is 2.31. The van der Waals surface area contributed by atoms with Gasteiger partial charge in [0.1, 0.15) is 11.9 Å². The number of anilines is 1. The van der Waals surface area contributed by atoms with Crippen molar-refractivity contribution < 1.29 is 21.6 Å². The van der Waals surface area contributed by atoms with E-state index >= 15 is 0 Å². The highest BCUT2D eigenvalue weighted by molar-refractivity contribution is 7.90. The number of sulfonamides is 1. The van der Waals surface area contributed by atoms with Crippen molar-refractivity contribution in [2.24, 2.45) is 5.73 Å². The summed E-state index contributed by atoms with van der Waals surface area (Å²) in [5.41, 5.74) is 8.34. The standard InChI is InChI=1S/C26H30N4O5S2/c1-4-30(37(3,34)35)23(17-18-8-7-9-20(16-18)25(27)28)26(31)29-21-14-12-19(13-15-21)22-10-5-6-11-24(22)36(2,32)33/h5-16,23H,4,17H2,1-3H3,(H3,27,28)(H,29,31)/t23-/m0/s1. The van der Waals surface area contributed by atoms with E-state index in [1.165, 1.54) is 6.07 Å². The van der Waals surface area contributed by atoms with Gasteiger partial charge in [-0.15, -0.1) is 0 Å². The second-order valence-electron chi connectivity index (χ2n) is 8.64. The first-order valence-corrected chi connectivity index (χ1v) is 15.2. The Labute approximate surface area is 217 Å². The number of hydrogen-bond donors (Lipinski definition) is 3. The van der Waals surface area contributed by atoms with Crippen LogP contribution in [0, 0.1) is 5.41 Å². The normalized spacial score (nSPS) is 12.8. The summed E-state index contributed by atoms with van der Waals surface area (Å²) in [6.07, 6.45) is 2.28. The van der Waals surface area contributed by atoms with E-state index in [1.807, 2.05) is 0 Å². The number of likely N-dealkylation sites (N-methyl/N-ethyl adjacent to an activating group) is 1. The summed E-state index contributed by atoms with van der Waals surface area (Å²) in [4.78, 5) is 13.6. The molecular weight excluding hydrogens is 512 g/mol. The van der Waals surface area contributed by atoms with Gasteiger partial charge in [-0.1, -0.05) is 55.5 Å². The van der Waals surface area contributed by atoms with Gasteiger partial charge in [0, 0.05) is 29.6 Å². The number of benzene rings is 3. The predicted molar refractivity (Wildman–Crippen MR) is 146 cm³/mol. The average molecular weight is 543 g/mol. The fourth-order valence-corrected chi connectivity index (χ4v) is 6.10. The summed E-state index contributed by atoms with van der Waals surface area (Å²) in [7, 11) is -7.15. The molecule has 37 heavy (non-hydrogen) atoms. The monoisotopic (exact) mass is 542 g/mol. The fourth-order valence-electron chi connectivity index (χ4n) is 4.09. The van der Waals surface area contributed by atoms with Crippen LogP contribution in [0.3, 0.4) is 0 Å². The number of hydrogen-bond acceptors (Lipinski definition) is 6. The van der Waals surface area contributed by atoms with E-state index in [9.17, 15) is 21.6 Å². The van der Waals surface area contributed by atoms with Crippen LogP contribution in [-0.2, 0) is 31.1 Å². The van der Waals surface area contributed by atoms with Crippen LogP contribution in [0.2, 0.25) is 0 Å². The minimum Gasteiger partial charge on any atom is -0.384 e. The summed E-state index contributed by atoms with van der Waals surface area (Å²) in [6.45, 7) is 1.74. The van der Waals surface area contributed by atoms with Gasteiger partial charge in [0.05, 0.1) is 11.2 Å². The number of nitrogens with zero attached hydrogens (tertiary/aromatic N) is 1. The van der Waals surface area contributed by atoms with Gasteiger partial charge in [-0.2, -0.15) is 4.31 Å². The van der Waals surface area contributed by atoms with Gasteiger partial charge >= 0.3 is 0 Å². The second kappa shape index (κ2) is 11.2. The number of amides is 1. The molecule has 0 aliphatic carbocycles. The molecule has 9 nitrogen and oxygen atoms in total. The largest absolute Gasteiger partial charge is 0.384 e. The molecule has 0 aliphatic heterocycles. The Morgan fingerprint density at radius 1 is 0.973 bits per heavy atom. The van der Waals surface area contributed by atoms with Crippen LogP contribution in [0.5, 0.6) is 0 Å². The highest BCUT2D eigenvalue weighted by Crippen LogP contribution is 2.28. The van der Waals surface area contributed by atoms with Gasteiger partial charge < -0.3 is 11.1 Å². The fraction of sp³-hybridized carbons (Fsp3) is 0.231. The van der Waals surface area contributed by atoms with Crippen LogP contribution in [0.4, 0.5) is 5.69 Å². The lowest BCUT2D eigenvalue weighted by atomic mass is 10.0. The zero-order valence-electron chi connectivity index (χ0n) is 20.8. The third-order valence-corrected chi connectivity index (χ3v) is 8.32. The molecule has 11 heteroatoms. The number of nitrogens with two attached hydrogens (primary N) is 1. The molecule has 1 amide bonds. The number of nitrogens with one attached hydrogen (secondary N) is 2. The molecule has 1 atom stereocenters. The van der Waals surface area contributed by atoms with Crippen molar-refractivity contribution in [1.29, 1.82) is 5.41 Å². The van der Waals surface area contributed by atoms with Gasteiger partial charge in [-0.05, 0) is 41.8 Å². The molecule has 0 aliphatic rings. The Balaban J connectivity index is 1.91. The van der Waals surface area contributed by atoms with E-state index in [0.29, 0.717) is 27.9 Å². The predicted octanol–water partition coefficient (Wildman–Crippen LogP) is 2.87. The molecule has 0 bridgehead atoms. The molecule has 0 saturated carbocycles.